The van der Waals surface area contributed by atoms with Gasteiger partial charge in [-0.3, -0.25) is 9.59 Å². The third-order valence-corrected chi connectivity index (χ3v) is 2.30. The van der Waals surface area contributed by atoms with Crippen molar-refractivity contribution in [2.24, 2.45) is 5.92 Å². The first kappa shape index (κ1) is 14.4. The van der Waals surface area contributed by atoms with Crippen molar-refractivity contribution in [3.63, 3.8) is 0 Å². The summed E-state index contributed by atoms with van der Waals surface area (Å²) in [7, 11) is 0. The Bertz CT molecular complexity index is 500. The molecule has 1 fully saturated rings. The summed E-state index contributed by atoms with van der Waals surface area (Å²) in [5.74, 6) is -3.78. The van der Waals surface area contributed by atoms with E-state index < -0.39 is 29.8 Å². The van der Waals surface area contributed by atoms with Crippen molar-refractivity contribution in [3.05, 3.63) is 35.4 Å². The van der Waals surface area contributed by atoms with Gasteiger partial charge in [-0.2, -0.15) is 0 Å². The van der Waals surface area contributed by atoms with E-state index in [-0.39, 0.29) is 11.1 Å². The Morgan fingerprint density at radius 2 is 1.37 bits per heavy atom. The molecule has 0 aromatic heterocycles. The molecule has 0 saturated carbocycles. The highest BCUT2D eigenvalue weighted by molar-refractivity contribution is 6.08. The number of carbonyl (C=O) groups is 4. The molecule has 1 aliphatic heterocycles. The number of esters is 2. The zero-order valence-corrected chi connectivity index (χ0v) is 9.82. The molecule has 1 aromatic rings. The summed E-state index contributed by atoms with van der Waals surface area (Å²) >= 11 is 0. The van der Waals surface area contributed by atoms with Crippen LogP contribution in [0.1, 0.15) is 27.6 Å². The topological polar surface area (TPSA) is 118 Å². The van der Waals surface area contributed by atoms with Gasteiger partial charge in [0, 0.05) is 0 Å². The molecule has 1 heterocycles. The predicted octanol–water partition coefficient (Wildman–Crippen LogP) is 0.789. The molecule has 1 saturated heterocycles. The van der Waals surface area contributed by atoms with Gasteiger partial charge in [0.1, 0.15) is 0 Å². The van der Waals surface area contributed by atoms with Crippen LogP contribution in [0.4, 0.5) is 0 Å². The van der Waals surface area contributed by atoms with Crippen molar-refractivity contribution in [1.29, 1.82) is 0 Å². The second-order valence-corrected chi connectivity index (χ2v) is 3.62. The Hall–Kier alpha value is -2.70. The molecule has 1 aromatic carbocycles. The number of carboxylic acid groups (broad SMARTS) is 2. The maximum atomic E-state index is 10.5. The lowest BCUT2D eigenvalue weighted by Crippen LogP contribution is -2.38. The quantitative estimate of drug-likeness (QED) is 0.600. The molecule has 7 heteroatoms. The fourth-order valence-electron chi connectivity index (χ4n) is 1.17. The predicted molar refractivity (Wildman–Crippen MR) is 60.6 cm³/mol. The number of ether oxygens (including phenoxy) is 1. The molecule has 0 aliphatic carbocycles. The molecule has 0 unspecified atom stereocenters. The van der Waals surface area contributed by atoms with Crippen LogP contribution in [-0.4, -0.2) is 34.1 Å². The molecular formula is C12H10O7. The van der Waals surface area contributed by atoms with Gasteiger partial charge in [0.25, 0.3) is 0 Å². The van der Waals surface area contributed by atoms with Gasteiger partial charge in [0.05, 0.1) is 11.1 Å². The summed E-state index contributed by atoms with van der Waals surface area (Å²) in [5.41, 5.74) is -0.380. The zero-order valence-electron chi connectivity index (χ0n) is 9.82. The van der Waals surface area contributed by atoms with Crippen molar-refractivity contribution in [1.82, 2.24) is 0 Å². The fraction of sp³-hybridized carbons (Fsp3) is 0.167. The van der Waals surface area contributed by atoms with E-state index in [1.165, 1.54) is 31.2 Å². The van der Waals surface area contributed by atoms with Crippen LogP contribution < -0.4 is 0 Å². The van der Waals surface area contributed by atoms with Gasteiger partial charge in [0.15, 0.2) is 5.92 Å². The van der Waals surface area contributed by atoms with Crippen LogP contribution in [0.5, 0.6) is 0 Å². The fourth-order valence-corrected chi connectivity index (χ4v) is 1.17. The number of benzene rings is 1. The smallest absolute Gasteiger partial charge is 0.336 e. The van der Waals surface area contributed by atoms with Crippen molar-refractivity contribution >= 4 is 23.9 Å². The first-order valence-corrected chi connectivity index (χ1v) is 5.15. The molecule has 0 amide bonds. The zero-order chi connectivity index (χ0) is 14.6. The van der Waals surface area contributed by atoms with E-state index in [1.54, 1.807) is 0 Å². The Balaban J connectivity index is 0.000000218. The molecule has 7 nitrogen and oxygen atoms in total. The lowest BCUT2D eigenvalue weighted by Gasteiger charge is -2.16. The molecular weight excluding hydrogens is 256 g/mol. The summed E-state index contributed by atoms with van der Waals surface area (Å²) < 4.78 is 3.97. The van der Waals surface area contributed by atoms with Crippen LogP contribution in [0.15, 0.2) is 24.3 Å². The van der Waals surface area contributed by atoms with E-state index in [1.807, 2.05) is 0 Å². The first-order chi connectivity index (χ1) is 8.84. The van der Waals surface area contributed by atoms with Crippen molar-refractivity contribution in [2.45, 2.75) is 6.92 Å². The average Bonchev–Trinajstić information content (AvgIpc) is 2.39. The summed E-state index contributed by atoms with van der Waals surface area (Å²) in [6, 6.07) is 5.48. The van der Waals surface area contributed by atoms with Gasteiger partial charge in [-0.05, 0) is 19.1 Å². The van der Waals surface area contributed by atoms with Crippen LogP contribution in [0.3, 0.4) is 0 Å². The van der Waals surface area contributed by atoms with Gasteiger partial charge < -0.3 is 14.9 Å². The molecule has 2 rings (SSSR count). The van der Waals surface area contributed by atoms with E-state index >= 15 is 0 Å². The number of aromatic carboxylic acids is 2. The second kappa shape index (κ2) is 5.76. The van der Waals surface area contributed by atoms with Crippen molar-refractivity contribution in [2.75, 3.05) is 0 Å². The van der Waals surface area contributed by atoms with E-state index in [0.29, 0.717) is 0 Å². The van der Waals surface area contributed by atoms with Gasteiger partial charge in [-0.1, -0.05) is 12.1 Å². The third kappa shape index (κ3) is 3.38. The minimum Gasteiger partial charge on any atom is -0.478 e. The Labute approximate surface area is 107 Å². The highest BCUT2D eigenvalue weighted by Crippen LogP contribution is 2.11. The lowest BCUT2D eigenvalue weighted by atomic mass is 10.1. The number of carbonyl (C=O) groups excluding carboxylic acids is 2. The lowest BCUT2D eigenvalue weighted by molar-refractivity contribution is -0.182. The summed E-state index contributed by atoms with van der Waals surface area (Å²) in [4.78, 5) is 40.9. The molecule has 100 valence electrons. The Kier molecular flexibility index (Phi) is 4.36. The van der Waals surface area contributed by atoms with E-state index in [4.69, 9.17) is 10.2 Å². The molecule has 1 aliphatic rings. The number of hydrogen-bond acceptors (Lipinski definition) is 5. The largest absolute Gasteiger partial charge is 0.478 e. The van der Waals surface area contributed by atoms with Gasteiger partial charge >= 0.3 is 23.9 Å². The van der Waals surface area contributed by atoms with Crippen LogP contribution in [0.25, 0.3) is 0 Å². The summed E-state index contributed by atoms with van der Waals surface area (Å²) in [5, 5.41) is 17.1. The number of carboxylic acids is 2. The minimum absolute atomic E-state index is 0.190. The number of cyclic esters (lactones) is 2. The molecule has 0 spiro atoms. The second-order valence-electron chi connectivity index (χ2n) is 3.62. The van der Waals surface area contributed by atoms with Gasteiger partial charge in [-0.15, -0.1) is 0 Å². The van der Waals surface area contributed by atoms with Crippen LogP contribution in [0, 0.1) is 5.92 Å². The third-order valence-electron chi connectivity index (χ3n) is 2.30. The Morgan fingerprint density at radius 1 is 1.00 bits per heavy atom. The monoisotopic (exact) mass is 266 g/mol. The molecule has 19 heavy (non-hydrogen) atoms. The maximum absolute atomic E-state index is 10.5. The molecule has 2 N–H and O–H groups in total. The summed E-state index contributed by atoms with van der Waals surface area (Å²) in [6.45, 7) is 1.52. The number of rotatable bonds is 2. The summed E-state index contributed by atoms with van der Waals surface area (Å²) in [6.07, 6.45) is 0. The highest BCUT2D eigenvalue weighted by Gasteiger charge is 2.36. The van der Waals surface area contributed by atoms with E-state index in [2.05, 4.69) is 4.74 Å². The van der Waals surface area contributed by atoms with Crippen LogP contribution in [0.2, 0.25) is 0 Å². The molecule has 0 bridgehead atoms. The molecule has 0 atom stereocenters. The van der Waals surface area contributed by atoms with Crippen LogP contribution in [-0.2, 0) is 14.3 Å². The minimum atomic E-state index is -1.23. The first-order valence-electron chi connectivity index (χ1n) is 5.15. The average molecular weight is 266 g/mol. The Morgan fingerprint density at radius 3 is 1.53 bits per heavy atom. The maximum Gasteiger partial charge on any atom is 0.336 e. The normalized spacial score (nSPS) is 13.7. The highest BCUT2D eigenvalue weighted by atomic mass is 16.6. The van der Waals surface area contributed by atoms with Gasteiger partial charge in [0.2, 0.25) is 0 Å². The van der Waals surface area contributed by atoms with Crippen LogP contribution >= 0.6 is 0 Å². The van der Waals surface area contributed by atoms with E-state index in [0.717, 1.165) is 0 Å². The standard InChI is InChI=1S/C8H6O4.C4H4O3/c9-7(10)5-3-1-2-4-6(5)8(11)12;1-2-3(5)7-4(2)6/h1-4H,(H,9,10)(H,11,12);2H,1H3. The van der Waals surface area contributed by atoms with Crippen molar-refractivity contribution in [3.8, 4) is 0 Å². The number of hydrogen-bond donors (Lipinski definition) is 2. The van der Waals surface area contributed by atoms with E-state index in [9.17, 15) is 19.2 Å². The van der Waals surface area contributed by atoms with Gasteiger partial charge in [-0.25, -0.2) is 9.59 Å². The van der Waals surface area contributed by atoms with Crippen molar-refractivity contribution < 1.29 is 34.1 Å². The SMILES string of the molecule is CC1C(=O)OC1=O.O=C(O)c1ccccc1C(=O)O. The molecule has 0 radical (unpaired) electrons.